The van der Waals surface area contributed by atoms with Gasteiger partial charge in [0, 0.05) is 26.2 Å². The van der Waals surface area contributed by atoms with Gasteiger partial charge in [-0.15, -0.1) is 0 Å². The fourth-order valence-electron chi connectivity index (χ4n) is 4.09. The fourth-order valence-corrected chi connectivity index (χ4v) is 4.97. The highest BCUT2D eigenvalue weighted by atomic mass is 32.2. The number of nitrogens with zero attached hydrogens (tertiary/aromatic N) is 1. The summed E-state index contributed by atoms with van der Waals surface area (Å²) in [5, 5.41) is 3.43. The summed E-state index contributed by atoms with van der Waals surface area (Å²) in [6, 6.07) is 10.6. The smallest absolute Gasteiger partial charge is 0.279 e. The van der Waals surface area contributed by atoms with Crippen molar-refractivity contribution in [3.63, 3.8) is 0 Å². The monoisotopic (exact) mass is 395 g/mol. The predicted molar refractivity (Wildman–Crippen MR) is 108 cm³/mol. The second-order valence-corrected chi connectivity index (χ2v) is 9.85. The zero-order valence-electron chi connectivity index (χ0n) is 16.4. The standard InChI is InChI=1S/C20H33N3O3S/c1-23(2)27(24,25)22-19-9-6-14-21-20(19)15-26-18-12-10-17(11-13-18)16-7-4-3-5-8-16/h3-5,7-8,17-22H,6,9-15H2,1-2H3/t17?,18?,19-,20-/m0/s1. The van der Waals surface area contributed by atoms with E-state index in [-0.39, 0.29) is 18.2 Å². The van der Waals surface area contributed by atoms with Gasteiger partial charge in [0.25, 0.3) is 10.2 Å². The minimum Gasteiger partial charge on any atom is -0.377 e. The summed E-state index contributed by atoms with van der Waals surface area (Å²) in [6.45, 7) is 1.47. The minimum absolute atomic E-state index is 0.0281. The average Bonchev–Trinajstić information content (AvgIpc) is 2.68. The molecule has 0 bridgehead atoms. The molecule has 2 aliphatic rings. The lowest BCUT2D eigenvalue weighted by Crippen LogP contribution is -2.57. The SMILES string of the molecule is CN(C)S(=O)(=O)N[C@H]1CCCN[C@H]1COC1CCC(c2ccccc2)CC1. The van der Waals surface area contributed by atoms with Gasteiger partial charge in [0.1, 0.15) is 0 Å². The lowest BCUT2D eigenvalue weighted by Gasteiger charge is -2.35. The molecule has 0 amide bonds. The van der Waals surface area contributed by atoms with Crippen molar-refractivity contribution in [1.82, 2.24) is 14.3 Å². The van der Waals surface area contributed by atoms with Crippen molar-refractivity contribution in [2.75, 3.05) is 27.2 Å². The molecular formula is C20H33N3O3S. The first kappa shape index (κ1) is 20.7. The van der Waals surface area contributed by atoms with Crippen molar-refractivity contribution in [3.05, 3.63) is 35.9 Å². The van der Waals surface area contributed by atoms with Gasteiger partial charge < -0.3 is 10.1 Å². The summed E-state index contributed by atoms with van der Waals surface area (Å²) in [4.78, 5) is 0. The molecule has 0 radical (unpaired) electrons. The molecule has 7 heteroatoms. The second kappa shape index (κ2) is 9.47. The third-order valence-corrected chi connectivity index (χ3v) is 7.38. The molecule has 0 unspecified atom stereocenters. The normalized spacial score (nSPS) is 29.7. The summed E-state index contributed by atoms with van der Waals surface area (Å²) in [6.07, 6.45) is 6.54. The summed E-state index contributed by atoms with van der Waals surface area (Å²) in [5.41, 5.74) is 1.43. The number of hydrogen-bond donors (Lipinski definition) is 2. The van der Waals surface area contributed by atoms with Crippen LogP contribution in [0.4, 0.5) is 0 Å². The molecular weight excluding hydrogens is 362 g/mol. The van der Waals surface area contributed by atoms with Crippen molar-refractivity contribution in [2.45, 2.75) is 62.6 Å². The summed E-state index contributed by atoms with van der Waals surface area (Å²) < 4.78 is 34.6. The van der Waals surface area contributed by atoms with Crippen LogP contribution in [0.2, 0.25) is 0 Å². The topological polar surface area (TPSA) is 70.7 Å². The van der Waals surface area contributed by atoms with Crippen LogP contribution in [-0.4, -0.2) is 58.2 Å². The Morgan fingerprint density at radius 3 is 2.48 bits per heavy atom. The van der Waals surface area contributed by atoms with E-state index in [4.69, 9.17) is 4.74 Å². The molecule has 6 nitrogen and oxygen atoms in total. The Kier molecular flexibility index (Phi) is 7.28. The van der Waals surface area contributed by atoms with Gasteiger partial charge in [0.2, 0.25) is 0 Å². The second-order valence-electron chi connectivity index (χ2n) is 7.93. The molecule has 0 aromatic heterocycles. The first-order valence-electron chi connectivity index (χ1n) is 10.1. The van der Waals surface area contributed by atoms with Crippen molar-refractivity contribution in [3.8, 4) is 0 Å². The van der Waals surface area contributed by atoms with Crippen LogP contribution in [0.25, 0.3) is 0 Å². The van der Waals surface area contributed by atoms with Crippen molar-refractivity contribution in [2.24, 2.45) is 0 Å². The molecule has 1 aliphatic heterocycles. The van der Waals surface area contributed by atoms with E-state index in [0.29, 0.717) is 12.5 Å². The molecule has 1 saturated heterocycles. The van der Waals surface area contributed by atoms with Crippen LogP contribution in [-0.2, 0) is 14.9 Å². The van der Waals surface area contributed by atoms with Gasteiger partial charge in [-0.2, -0.15) is 17.4 Å². The van der Waals surface area contributed by atoms with E-state index in [9.17, 15) is 8.42 Å². The Morgan fingerprint density at radius 2 is 1.81 bits per heavy atom. The van der Waals surface area contributed by atoms with Crippen LogP contribution in [0.1, 0.15) is 50.0 Å². The minimum atomic E-state index is -3.42. The van der Waals surface area contributed by atoms with E-state index >= 15 is 0 Å². The van der Waals surface area contributed by atoms with Crippen LogP contribution in [0, 0.1) is 0 Å². The third kappa shape index (κ3) is 5.74. The number of benzene rings is 1. The Morgan fingerprint density at radius 1 is 1.11 bits per heavy atom. The maximum atomic E-state index is 12.2. The van der Waals surface area contributed by atoms with Gasteiger partial charge in [0.05, 0.1) is 12.7 Å². The third-order valence-electron chi connectivity index (χ3n) is 5.82. The number of rotatable bonds is 7. The molecule has 2 atom stereocenters. The number of hydrogen-bond acceptors (Lipinski definition) is 4. The van der Waals surface area contributed by atoms with E-state index in [1.165, 1.54) is 9.87 Å². The molecule has 2 N–H and O–H groups in total. The first-order chi connectivity index (χ1) is 13.0. The van der Waals surface area contributed by atoms with Gasteiger partial charge in [-0.25, -0.2) is 0 Å². The predicted octanol–water partition coefficient (Wildman–Crippen LogP) is 2.25. The number of piperidine rings is 1. The lowest BCUT2D eigenvalue weighted by atomic mass is 9.83. The summed E-state index contributed by atoms with van der Waals surface area (Å²) in [5.74, 6) is 0.638. The molecule has 1 saturated carbocycles. The summed E-state index contributed by atoms with van der Waals surface area (Å²) in [7, 11) is -0.322. The highest BCUT2D eigenvalue weighted by Crippen LogP contribution is 2.34. The molecule has 1 heterocycles. The van der Waals surface area contributed by atoms with Gasteiger partial charge >= 0.3 is 0 Å². The zero-order valence-corrected chi connectivity index (χ0v) is 17.2. The number of ether oxygens (including phenoxy) is 1. The van der Waals surface area contributed by atoms with Crippen molar-refractivity contribution in [1.29, 1.82) is 0 Å². The Balaban J connectivity index is 1.47. The van der Waals surface area contributed by atoms with E-state index < -0.39 is 10.2 Å². The molecule has 27 heavy (non-hydrogen) atoms. The quantitative estimate of drug-likeness (QED) is 0.743. The van der Waals surface area contributed by atoms with Gasteiger partial charge in [-0.1, -0.05) is 30.3 Å². The Labute approximate surface area is 163 Å². The molecule has 152 valence electrons. The highest BCUT2D eigenvalue weighted by molar-refractivity contribution is 7.87. The fraction of sp³-hybridized carbons (Fsp3) is 0.700. The average molecular weight is 396 g/mol. The van der Waals surface area contributed by atoms with E-state index in [0.717, 1.165) is 45.1 Å². The maximum Gasteiger partial charge on any atom is 0.279 e. The molecule has 2 fully saturated rings. The molecule has 1 aromatic rings. The van der Waals surface area contributed by atoms with Gasteiger partial charge in [-0.05, 0) is 56.6 Å². The highest BCUT2D eigenvalue weighted by Gasteiger charge is 2.31. The van der Waals surface area contributed by atoms with Crippen molar-refractivity contribution < 1.29 is 13.2 Å². The molecule has 1 aromatic carbocycles. The molecule has 1 aliphatic carbocycles. The Hall–Kier alpha value is -0.990. The molecule has 3 rings (SSSR count). The van der Waals surface area contributed by atoms with E-state index in [1.54, 1.807) is 14.1 Å². The van der Waals surface area contributed by atoms with Crippen LogP contribution < -0.4 is 10.0 Å². The van der Waals surface area contributed by atoms with Crippen LogP contribution >= 0.6 is 0 Å². The van der Waals surface area contributed by atoms with Crippen LogP contribution in [0.5, 0.6) is 0 Å². The zero-order chi connectivity index (χ0) is 19.3. The van der Waals surface area contributed by atoms with E-state index in [1.807, 2.05) is 0 Å². The van der Waals surface area contributed by atoms with Crippen LogP contribution in [0.3, 0.4) is 0 Å². The van der Waals surface area contributed by atoms with Crippen molar-refractivity contribution >= 4 is 10.2 Å². The Bertz CT molecular complexity index is 673. The lowest BCUT2D eigenvalue weighted by molar-refractivity contribution is 0.00516. The van der Waals surface area contributed by atoms with Gasteiger partial charge in [0.15, 0.2) is 0 Å². The largest absolute Gasteiger partial charge is 0.377 e. The maximum absolute atomic E-state index is 12.2. The molecule has 0 spiro atoms. The summed E-state index contributed by atoms with van der Waals surface area (Å²) >= 11 is 0. The van der Waals surface area contributed by atoms with Crippen LogP contribution in [0.15, 0.2) is 30.3 Å². The first-order valence-corrected chi connectivity index (χ1v) is 11.5. The van der Waals surface area contributed by atoms with Gasteiger partial charge in [-0.3, -0.25) is 0 Å². The van der Waals surface area contributed by atoms with E-state index in [2.05, 4.69) is 40.4 Å². The number of nitrogens with one attached hydrogen (secondary N) is 2.